The summed E-state index contributed by atoms with van der Waals surface area (Å²) < 4.78 is 5.13. The third-order valence-electron chi connectivity index (χ3n) is 4.86. The van der Waals surface area contributed by atoms with Crippen LogP contribution in [-0.2, 0) is 4.74 Å². The van der Waals surface area contributed by atoms with Gasteiger partial charge in [-0.25, -0.2) is 4.79 Å². The van der Waals surface area contributed by atoms with Crippen molar-refractivity contribution in [1.82, 2.24) is 0 Å². The summed E-state index contributed by atoms with van der Waals surface area (Å²) in [6, 6.07) is 20.6. The third kappa shape index (κ3) is 2.52. The fourth-order valence-corrected chi connectivity index (χ4v) is 3.95. The maximum Gasteiger partial charge on any atom is 0.506 e. The van der Waals surface area contributed by atoms with Crippen LogP contribution in [0.15, 0.2) is 78.4 Å². The van der Waals surface area contributed by atoms with Gasteiger partial charge < -0.3 is 9.84 Å². The Hall–Kier alpha value is -2.81. The molecule has 3 heteroatoms. The Morgan fingerprint density at radius 1 is 0.917 bits per heavy atom. The van der Waals surface area contributed by atoms with Gasteiger partial charge in [0, 0.05) is 11.8 Å². The molecule has 24 heavy (non-hydrogen) atoms. The van der Waals surface area contributed by atoms with E-state index in [2.05, 4.69) is 36.4 Å². The first-order valence-electron chi connectivity index (χ1n) is 8.17. The zero-order chi connectivity index (χ0) is 16.5. The Morgan fingerprint density at radius 2 is 1.50 bits per heavy atom. The number of ether oxygens (including phenoxy) is 1. The first kappa shape index (κ1) is 14.8. The van der Waals surface area contributed by atoms with E-state index in [9.17, 15) is 4.79 Å². The third-order valence-corrected chi connectivity index (χ3v) is 4.86. The van der Waals surface area contributed by atoms with Crippen LogP contribution in [0, 0.1) is 11.8 Å². The molecule has 1 N–H and O–H groups in total. The summed E-state index contributed by atoms with van der Waals surface area (Å²) in [5.74, 6) is 0.274. The van der Waals surface area contributed by atoms with Gasteiger partial charge in [0.05, 0.1) is 0 Å². The van der Waals surface area contributed by atoms with Gasteiger partial charge in [-0.3, -0.25) is 0 Å². The molecule has 0 amide bonds. The SMILES string of the molecule is O=C(O)OC1CC2C=CC1C2=C(c1ccccc1)c1ccccc1. The summed E-state index contributed by atoms with van der Waals surface area (Å²) in [5.41, 5.74) is 4.80. The van der Waals surface area contributed by atoms with Crippen LogP contribution >= 0.6 is 0 Å². The minimum absolute atomic E-state index is 0.0292. The minimum atomic E-state index is -1.19. The standard InChI is InChI=1S/C21H18O3/c22-21(23)24-18-13-16-11-12-17(18)20(16)19(14-7-3-1-4-8-14)15-9-5-2-6-10-15/h1-12,16-18H,13H2,(H,22,23). The van der Waals surface area contributed by atoms with Gasteiger partial charge in [0.1, 0.15) is 6.10 Å². The topological polar surface area (TPSA) is 46.5 Å². The first-order valence-corrected chi connectivity index (χ1v) is 8.17. The monoisotopic (exact) mass is 318 g/mol. The van der Waals surface area contributed by atoms with E-state index >= 15 is 0 Å². The van der Waals surface area contributed by atoms with Crippen LogP contribution in [0.3, 0.4) is 0 Å². The van der Waals surface area contributed by atoms with Crippen molar-refractivity contribution in [2.24, 2.45) is 11.8 Å². The van der Waals surface area contributed by atoms with Crippen molar-refractivity contribution in [3.63, 3.8) is 0 Å². The van der Waals surface area contributed by atoms with Crippen molar-refractivity contribution >= 4 is 11.7 Å². The Labute approximate surface area is 140 Å². The molecule has 2 aliphatic rings. The highest BCUT2D eigenvalue weighted by atomic mass is 16.7. The van der Waals surface area contributed by atoms with E-state index in [0.717, 1.165) is 17.5 Å². The summed E-state index contributed by atoms with van der Waals surface area (Å²) >= 11 is 0. The highest BCUT2D eigenvalue weighted by Gasteiger charge is 2.44. The number of hydrogen-bond donors (Lipinski definition) is 1. The van der Waals surface area contributed by atoms with Crippen LogP contribution in [0.1, 0.15) is 17.5 Å². The van der Waals surface area contributed by atoms with Crippen LogP contribution in [0.5, 0.6) is 0 Å². The molecule has 2 aliphatic carbocycles. The lowest BCUT2D eigenvalue weighted by Gasteiger charge is -2.18. The highest BCUT2D eigenvalue weighted by molar-refractivity contribution is 5.84. The Balaban J connectivity index is 1.85. The average Bonchev–Trinajstić information content (AvgIpc) is 3.14. The molecule has 0 spiro atoms. The van der Waals surface area contributed by atoms with E-state index in [0.29, 0.717) is 0 Å². The van der Waals surface area contributed by atoms with Crippen molar-refractivity contribution < 1.29 is 14.6 Å². The van der Waals surface area contributed by atoms with Crippen molar-refractivity contribution in [2.45, 2.75) is 12.5 Å². The lowest BCUT2D eigenvalue weighted by atomic mass is 9.88. The van der Waals surface area contributed by atoms with Gasteiger partial charge in [-0.1, -0.05) is 72.8 Å². The van der Waals surface area contributed by atoms with Crippen molar-refractivity contribution in [1.29, 1.82) is 0 Å². The van der Waals surface area contributed by atoms with Gasteiger partial charge in [0.15, 0.2) is 0 Å². The van der Waals surface area contributed by atoms with Crippen molar-refractivity contribution in [2.75, 3.05) is 0 Å². The molecule has 1 fully saturated rings. The van der Waals surface area contributed by atoms with E-state index in [-0.39, 0.29) is 17.9 Å². The molecule has 0 radical (unpaired) electrons. The van der Waals surface area contributed by atoms with Crippen LogP contribution in [0.4, 0.5) is 4.79 Å². The Bertz CT molecular complexity index is 764. The van der Waals surface area contributed by atoms with Gasteiger partial charge >= 0.3 is 6.16 Å². The molecular weight excluding hydrogens is 300 g/mol. The molecule has 2 aromatic rings. The number of allylic oxidation sites excluding steroid dienone is 1. The van der Waals surface area contributed by atoms with Gasteiger partial charge in [-0.05, 0) is 28.7 Å². The number of carboxylic acid groups (broad SMARTS) is 1. The van der Waals surface area contributed by atoms with Crippen LogP contribution in [-0.4, -0.2) is 17.4 Å². The summed E-state index contributed by atoms with van der Waals surface area (Å²) in [5, 5.41) is 9.00. The molecule has 2 aromatic carbocycles. The zero-order valence-corrected chi connectivity index (χ0v) is 13.1. The summed E-state index contributed by atoms with van der Waals surface area (Å²) in [6.07, 6.45) is 3.54. The first-order chi connectivity index (χ1) is 11.7. The maximum absolute atomic E-state index is 11.0. The van der Waals surface area contributed by atoms with Crippen molar-refractivity contribution in [3.05, 3.63) is 89.5 Å². The predicted molar refractivity (Wildman–Crippen MR) is 92.5 cm³/mol. The van der Waals surface area contributed by atoms with Crippen LogP contribution in [0.25, 0.3) is 5.57 Å². The van der Waals surface area contributed by atoms with Gasteiger partial charge in [0.25, 0.3) is 0 Å². The summed E-state index contributed by atoms with van der Waals surface area (Å²) in [4.78, 5) is 11.0. The predicted octanol–water partition coefficient (Wildman–Crippen LogP) is 4.76. The highest BCUT2D eigenvalue weighted by Crippen LogP contribution is 2.50. The molecule has 1 saturated carbocycles. The molecule has 0 heterocycles. The molecule has 3 unspecified atom stereocenters. The largest absolute Gasteiger partial charge is 0.506 e. The maximum atomic E-state index is 11.0. The lowest BCUT2D eigenvalue weighted by Crippen LogP contribution is -2.21. The molecule has 0 saturated heterocycles. The lowest BCUT2D eigenvalue weighted by molar-refractivity contribution is 0.0431. The molecule has 3 atom stereocenters. The van der Waals surface area contributed by atoms with Crippen molar-refractivity contribution in [3.8, 4) is 0 Å². The van der Waals surface area contributed by atoms with Crippen LogP contribution < -0.4 is 0 Å². The molecular formula is C21H18O3. The Kier molecular flexibility index (Phi) is 3.69. The number of rotatable bonds is 3. The quantitative estimate of drug-likeness (QED) is 0.656. The number of hydrogen-bond acceptors (Lipinski definition) is 2. The van der Waals surface area contributed by atoms with Gasteiger partial charge in [-0.15, -0.1) is 0 Å². The van der Waals surface area contributed by atoms with E-state index in [1.54, 1.807) is 0 Å². The number of benzene rings is 2. The fourth-order valence-electron chi connectivity index (χ4n) is 3.95. The average molecular weight is 318 g/mol. The summed E-state index contributed by atoms with van der Waals surface area (Å²) in [6.45, 7) is 0. The number of fused-ring (bicyclic) bond motifs is 2. The zero-order valence-electron chi connectivity index (χ0n) is 13.1. The molecule has 120 valence electrons. The van der Waals surface area contributed by atoms with E-state index in [1.165, 1.54) is 11.1 Å². The van der Waals surface area contributed by atoms with Gasteiger partial charge in [0.2, 0.25) is 0 Å². The second kappa shape index (κ2) is 6.00. The van der Waals surface area contributed by atoms with Crippen LogP contribution in [0.2, 0.25) is 0 Å². The minimum Gasteiger partial charge on any atom is -0.450 e. The smallest absolute Gasteiger partial charge is 0.450 e. The molecule has 0 aromatic heterocycles. The van der Waals surface area contributed by atoms with E-state index < -0.39 is 6.16 Å². The normalized spacial score (nSPS) is 24.2. The van der Waals surface area contributed by atoms with E-state index in [4.69, 9.17) is 9.84 Å². The second-order valence-corrected chi connectivity index (χ2v) is 6.24. The molecule has 3 nitrogen and oxygen atoms in total. The Morgan fingerprint density at radius 3 is 2.04 bits per heavy atom. The van der Waals surface area contributed by atoms with Gasteiger partial charge in [-0.2, -0.15) is 0 Å². The molecule has 2 bridgehead atoms. The molecule has 4 rings (SSSR count). The summed E-state index contributed by atoms with van der Waals surface area (Å²) in [7, 11) is 0. The number of carbonyl (C=O) groups is 1. The van der Waals surface area contributed by atoms with E-state index in [1.807, 2.05) is 36.4 Å². The fraction of sp³-hybridized carbons (Fsp3) is 0.190. The molecule has 0 aliphatic heterocycles. The second-order valence-electron chi connectivity index (χ2n) is 6.24.